The van der Waals surface area contributed by atoms with E-state index in [1.54, 1.807) is 18.4 Å². The Hall–Kier alpha value is -2.19. The zero-order valence-corrected chi connectivity index (χ0v) is 15.8. The number of morpholine rings is 1. The van der Waals surface area contributed by atoms with Crippen molar-refractivity contribution in [3.8, 4) is 0 Å². The van der Waals surface area contributed by atoms with Gasteiger partial charge in [-0.3, -0.25) is 0 Å². The normalized spacial score (nSPS) is 19.0. The lowest BCUT2D eigenvalue weighted by atomic mass is 10.1. The molecule has 0 amide bonds. The number of aliphatic hydroxyl groups excluding tert-OH is 1. The first-order valence-electron chi connectivity index (χ1n) is 8.95. The second kappa shape index (κ2) is 8.01. The molecule has 2 atom stereocenters. The molecule has 26 heavy (non-hydrogen) atoms. The van der Waals surface area contributed by atoms with Gasteiger partial charge < -0.3 is 24.1 Å². The second-order valence-electron chi connectivity index (χ2n) is 7.03. The van der Waals surface area contributed by atoms with Crippen LogP contribution in [-0.4, -0.2) is 60.0 Å². The van der Waals surface area contributed by atoms with Gasteiger partial charge in [0.1, 0.15) is 17.7 Å². The smallest absolute Gasteiger partial charge is 0.230 e. The van der Waals surface area contributed by atoms with Crippen molar-refractivity contribution in [3.63, 3.8) is 0 Å². The fourth-order valence-electron chi connectivity index (χ4n) is 2.92. The molecule has 0 aliphatic carbocycles. The monoisotopic (exact) mass is 361 g/mol. The third-order valence-electron chi connectivity index (χ3n) is 4.40. The van der Waals surface area contributed by atoms with E-state index in [1.165, 1.54) is 0 Å². The van der Waals surface area contributed by atoms with Crippen LogP contribution in [0.15, 0.2) is 22.8 Å². The summed E-state index contributed by atoms with van der Waals surface area (Å²) in [6, 6.07) is 3.52. The standard InChI is InChI=1S/C18H27N5O3/c1-12(2)16-19-17(22(3)4)21-18(20-16)23-7-9-25-11-13(23)10-14(24)15-6-5-8-26-15/h5-6,8,12-14,24H,7,9-11H2,1-4H3. The summed E-state index contributed by atoms with van der Waals surface area (Å²) in [4.78, 5) is 17.8. The van der Waals surface area contributed by atoms with Gasteiger partial charge in [0.25, 0.3) is 0 Å². The van der Waals surface area contributed by atoms with Gasteiger partial charge in [0.2, 0.25) is 11.9 Å². The molecule has 1 fully saturated rings. The first-order valence-corrected chi connectivity index (χ1v) is 8.95. The summed E-state index contributed by atoms with van der Waals surface area (Å²) in [5.41, 5.74) is 0. The zero-order chi connectivity index (χ0) is 18.7. The minimum atomic E-state index is -0.695. The molecular weight excluding hydrogens is 334 g/mol. The van der Waals surface area contributed by atoms with E-state index in [4.69, 9.17) is 9.15 Å². The van der Waals surface area contributed by atoms with Gasteiger partial charge in [-0.2, -0.15) is 15.0 Å². The Morgan fingerprint density at radius 1 is 1.31 bits per heavy atom. The second-order valence-corrected chi connectivity index (χ2v) is 7.03. The summed E-state index contributed by atoms with van der Waals surface area (Å²) < 4.78 is 11.0. The highest BCUT2D eigenvalue weighted by Crippen LogP contribution is 2.26. The van der Waals surface area contributed by atoms with E-state index in [2.05, 4.69) is 33.7 Å². The van der Waals surface area contributed by atoms with E-state index in [9.17, 15) is 5.11 Å². The molecular formula is C18H27N5O3. The van der Waals surface area contributed by atoms with Gasteiger partial charge in [-0.25, -0.2) is 0 Å². The minimum absolute atomic E-state index is 0.0405. The number of aromatic nitrogens is 3. The molecule has 8 nitrogen and oxygen atoms in total. The number of ether oxygens (including phenoxy) is 1. The summed E-state index contributed by atoms with van der Waals surface area (Å²) >= 11 is 0. The molecule has 0 saturated carbocycles. The van der Waals surface area contributed by atoms with Gasteiger partial charge in [0.15, 0.2) is 0 Å². The van der Waals surface area contributed by atoms with Crippen LogP contribution in [0.25, 0.3) is 0 Å². The Morgan fingerprint density at radius 3 is 2.77 bits per heavy atom. The van der Waals surface area contributed by atoms with Crippen molar-refractivity contribution in [2.24, 2.45) is 0 Å². The molecule has 1 aliphatic rings. The Kier molecular flexibility index (Phi) is 5.73. The molecule has 0 spiro atoms. The molecule has 0 bridgehead atoms. The molecule has 3 rings (SSSR count). The van der Waals surface area contributed by atoms with Crippen LogP contribution >= 0.6 is 0 Å². The van der Waals surface area contributed by atoms with Gasteiger partial charge in [-0.1, -0.05) is 13.8 Å². The molecule has 1 aliphatic heterocycles. The number of anilines is 2. The van der Waals surface area contributed by atoms with Crippen LogP contribution in [0.3, 0.4) is 0 Å². The highest BCUT2D eigenvalue weighted by atomic mass is 16.5. The van der Waals surface area contributed by atoms with Crippen LogP contribution in [0.4, 0.5) is 11.9 Å². The molecule has 142 valence electrons. The zero-order valence-electron chi connectivity index (χ0n) is 15.8. The molecule has 2 aromatic heterocycles. The van der Waals surface area contributed by atoms with Crippen molar-refractivity contribution in [2.75, 3.05) is 43.7 Å². The summed E-state index contributed by atoms with van der Waals surface area (Å²) in [5.74, 6) is 2.78. The largest absolute Gasteiger partial charge is 0.467 e. The maximum absolute atomic E-state index is 10.5. The van der Waals surface area contributed by atoms with Gasteiger partial charge >= 0.3 is 0 Å². The maximum atomic E-state index is 10.5. The minimum Gasteiger partial charge on any atom is -0.467 e. The third kappa shape index (κ3) is 4.13. The Morgan fingerprint density at radius 2 is 2.12 bits per heavy atom. The fourth-order valence-corrected chi connectivity index (χ4v) is 2.92. The number of rotatable bonds is 6. The molecule has 1 N–H and O–H groups in total. The fraction of sp³-hybridized carbons (Fsp3) is 0.611. The van der Waals surface area contributed by atoms with Gasteiger partial charge in [-0.15, -0.1) is 0 Å². The molecule has 8 heteroatoms. The van der Waals surface area contributed by atoms with Crippen LogP contribution in [-0.2, 0) is 4.74 Å². The number of furan rings is 1. The van der Waals surface area contributed by atoms with Crippen LogP contribution in [0.1, 0.15) is 43.9 Å². The van der Waals surface area contributed by atoms with E-state index in [-0.39, 0.29) is 12.0 Å². The predicted molar refractivity (Wildman–Crippen MR) is 98.5 cm³/mol. The molecule has 2 aromatic rings. The number of aliphatic hydroxyl groups is 1. The molecule has 0 radical (unpaired) electrons. The van der Waals surface area contributed by atoms with E-state index in [1.807, 2.05) is 19.0 Å². The van der Waals surface area contributed by atoms with E-state index in [0.29, 0.717) is 43.8 Å². The lowest BCUT2D eigenvalue weighted by Crippen LogP contribution is -2.47. The molecule has 3 heterocycles. The van der Waals surface area contributed by atoms with E-state index >= 15 is 0 Å². The Balaban J connectivity index is 1.87. The van der Waals surface area contributed by atoms with Crippen molar-refractivity contribution >= 4 is 11.9 Å². The summed E-state index contributed by atoms with van der Waals surface area (Å²) in [6.45, 7) is 5.92. The number of hydrogen-bond acceptors (Lipinski definition) is 8. The van der Waals surface area contributed by atoms with Crippen molar-refractivity contribution in [2.45, 2.75) is 38.3 Å². The average Bonchev–Trinajstić information content (AvgIpc) is 3.16. The maximum Gasteiger partial charge on any atom is 0.230 e. The van der Waals surface area contributed by atoms with Crippen LogP contribution in [0, 0.1) is 0 Å². The van der Waals surface area contributed by atoms with Crippen LogP contribution in [0.2, 0.25) is 0 Å². The van der Waals surface area contributed by atoms with Gasteiger partial charge in [-0.05, 0) is 12.1 Å². The Labute approximate surface area is 153 Å². The molecule has 1 saturated heterocycles. The van der Waals surface area contributed by atoms with Crippen molar-refractivity contribution in [1.29, 1.82) is 0 Å². The summed E-state index contributed by atoms with van der Waals surface area (Å²) in [6.07, 6.45) is 1.35. The average molecular weight is 361 g/mol. The number of hydrogen-bond donors (Lipinski definition) is 1. The van der Waals surface area contributed by atoms with Gasteiger partial charge in [0.05, 0.1) is 25.5 Å². The summed E-state index contributed by atoms with van der Waals surface area (Å²) in [5, 5.41) is 10.5. The van der Waals surface area contributed by atoms with Crippen molar-refractivity contribution < 1.29 is 14.3 Å². The first-order chi connectivity index (χ1) is 12.5. The topological polar surface area (TPSA) is 87.8 Å². The number of nitrogens with zero attached hydrogens (tertiary/aromatic N) is 5. The quantitative estimate of drug-likeness (QED) is 0.836. The third-order valence-corrected chi connectivity index (χ3v) is 4.40. The summed E-state index contributed by atoms with van der Waals surface area (Å²) in [7, 11) is 3.83. The lowest BCUT2D eigenvalue weighted by molar-refractivity contribution is 0.0612. The predicted octanol–water partition coefficient (Wildman–Crippen LogP) is 1.98. The van der Waals surface area contributed by atoms with Crippen LogP contribution < -0.4 is 9.80 Å². The molecule has 2 unspecified atom stereocenters. The Bertz CT molecular complexity index is 679. The lowest BCUT2D eigenvalue weighted by Gasteiger charge is -2.36. The van der Waals surface area contributed by atoms with Crippen molar-refractivity contribution in [3.05, 3.63) is 30.0 Å². The van der Waals surface area contributed by atoms with Gasteiger partial charge in [0, 0.05) is 33.0 Å². The van der Waals surface area contributed by atoms with E-state index < -0.39 is 6.10 Å². The SMILES string of the molecule is CC(C)c1nc(N(C)C)nc(N2CCOCC2CC(O)c2ccco2)n1. The van der Waals surface area contributed by atoms with E-state index in [0.717, 1.165) is 5.82 Å². The van der Waals surface area contributed by atoms with Crippen molar-refractivity contribution in [1.82, 2.24) is 15.0 Å². The highest BCUT2D eigenvalue weighted by molar-refractivity contribution is 5.40. The highest BCUT2D eigenvalue weighted by Gasteiger charge is 2.29. The molecule has 0 aromatic carbocycles. The first kappa shape index (κ1) is 18.6. The van der Waals surface area contributed by atoms with Crippen LogP contribution in [0.5, 0.6) is 0 Å².